The molecule has 0 spiro atoms. The van der Waals surface area contributed by atoms with Crippen LogP contribution in [0.15, 0.2) is 24.3 Å². The zero-order valence-electron chi connectivity index (χ0n) is 17.1. The highest BCUT2D eigenvalue weighted by atomic mass is 32.2. The predicted octanol–water partition coefficient (Wildman–Crippen LogP) is 1.24. The van der Waals surface area contributed by atoms with Gasteiger partial charge in [0.25, 0.3) is 0 Å². The molecule has 2 aliphatic rings. The Morgan fingerprint density at radius 2 is 1.89 bits per heavy atom. The van der Waals surface area contributed by atoms with E-state index in [1.54, 1.807) is 0 Å². The van der Waals surface area contributed by atoms with E-state index in [0.29, 0.717) is 13.2 Å². The number of para-hydroxylation sites is 1. The van der Waals surface area contributed by atoms with E-state index in [1.165, 1.54) is 5.56 Å². The van der Waals surface area contributed by atoms with E-state index in [9.17, 15) is 5.11 Å². The van der Waals surface area contributed by atoms with Crippen LogP contribution in [0, 0.1) is 0 Å². The van der Waals surface area contributed by atoms with Crippen molar-refractivity contribution in [1.29, 1.82) is 0 Å². The second kappa shape index (κ2) is 12.0. The fourth-order valence-corrected chi connectivity index (χ4v) is 4.58. The maximum atomic E-state index is 10.4. The van der Waals surface area contributed by atoms with Gasteiger partial charge in [0.1, 0.15) is 18.5 Å². The lowest BCUT2D eigenvalue weighted by Gasteiger charge is -2.29. The maximum absolute atomic E-state index is 10.4. The number of ether oxygens (including phenoxy) is 2. The molecular formula is C21H35N3O3S. The van der Waals surface area contributed by atoms with E-state index < -0.39 is 6.10 Å². The number of benzene rings is 1. The quantitative estimate of drug-likeness (QED) is 0.624. The molecule has 28 heavy (non-hydrogen) atoms. The Balaban J connectivity index is 1.42. The number of hydrogen-bond donors (Lipinski definition) is 1. The van der Waals surface area contributed by atoms with E-state index >= 15 is 0 Å². The molecule has 1 aromatic rings. The van der Waals surface area contributed by atoms with Crippen molar-refractivity contribution >= 4 is 11.8 Å². The summed E-state index contributed by atoms with van der Waals surface area (Å²) in [5, 5.41) is 10.4. The predicted molar refractivity (Wildman–Crippen MR) is 115 cm³/mol. The van der Waals surface area contributed by atoms with Crippen LogP contribution in [0.2, 0.25) is 0 Å². The molecule has 2 heterocycles. The van der Waals surface area contributed by atoms with Crippen LogP contribution in [0.4, 0.5) is 0 Å². The van der Waals surface area contributed by atoms with Gasteiger partial charge >= 0.3 is 0 Å². The largest absolute Gasteiger partial charge is 0.491 e. The summed E-state index contributed by atoms with van der Waals surface area (Å²) in [4.78, 5) is 7.12. The first-order chi connectivity index (χ1) is 13.7. The van der Waals surface area contributed by atoms with Gasteiger partial charge in [-0.3, -0.25) is 9.80 Å². The molecule has 0 saturated carbocycles. The van der Waals surface area contributed by atoms with Gasteiger partial charge in [0.15, 0.2) is 0 Å². The zero-order valence-corrected chi connectivity index (χ0v) is 17.9. The lowest BCUT2D eigenvalue weighted by Crippen LogP contribution is -2.40. The number of thioether (sulfide) groups is 1. The van der Waals surface area contributed by atoms with Crippen molar-refractivity contribution in [2.45, 2.75) is 12.6 Å². The number of nitrogens with zero attached hydrogens (tertiary/aromatic N) is 3. The molecule has 6 nitrogen and oxygen atoms in total. The van der Waals surface area contributed by atoms with Crippen molar-refractivity contribution in [3.8, 4) is 5.75 Å². The molecule has 2 aliphatic heterocycles. The summed E-state index contributed by atoms with van der Waals surface area (Å²) < 4.78 is 11.4. The highest BCUT2D eigenvalue weighted by molar-refractivity contribution is 7.99. The van der Waals surface area contributed by atoms with Crippen molar-refractivity contribution < 1.29 is 14.6 Å². The molecule has 158 valence electrons. The van der Waals surface area contributed by atoms with Crippen molar-refractivity contribution in [3.63, 3.8) is 0 Å². The van der Waals surface area contributed by atoms with Crippen LogP contribution in [0.3, 0.4) is 0 Å². The maximum Gasteiger partial charge on any atom is 0.123 e. The van der Waals surface area contributed by atoms with Gasteiger partial charge in [0.2, 0.25) is 0 Å². The van der Waals surface area contributed by atoms with Gasteiger partial charge in [0, 0.05) is 69.4 Å². The summed E-state index contributed by atoms with van der Waals surface area (Å²) in [5.41, 5.74) is 1.17. The van der Waals surface area contributed by atoms with Crippen LogP contribution in [0.5, 0.6) is 5.75 Å². The summed E-state index contributed by atoms with van der Waals surface area (Å²) in [6.45, 7) is 9.85. The Kier molecular flexibility index (Phi) is 9.37. The Bertz CT molecular complexity index is 566. The first kappa shape index (κ1) is 21.9. The lowest BCUT2D eigenvalue weighted by atomic mass is 10.2. The summed E-state index contributed by atoms with van der Waals surface area (Å²) in [6, 6.07) is 8.19. The van der Waals surface area contributed by atoms with Crippen LogP contribution in [-0.2, 0) is 11.3 Å². The van der Waals surface area contributed by atoms with Crippen LogP contribution in [-0.4, -0.2) is 110 Å². The first-order valence-corrected chi connectivity index (χ1v) is 11.5. The molecule has 2 fully saturated rings. The fraction of sp³-hybridized carbons (Fsp3) is 0.714. The number of aliphatic hydroxyl groups excluding tert-OH is 1. The second-order valence-corrected chi connectivity index (χ2v) is 8.90. The normalized spacial score (nSPS) is 20.4. The second-order valence-electron chi connectivity index (χ2n) is 7.68. The number of rotatable bonds is 10. The molecule has 2 saturated heterocycles. The number of morpholine rings is 1. The summed E-state index contributed by atoms with van der Waals surface area (Å²) in [6.07, 6.45) is -0.449. The van der Waals surface area contributed by atoms with Crippen LogP contribution in [0.1, 0.15) is 5.56 Å². The van der Waals surface area contributed by atoms with E-state index in [0.717, 1.165) is 76.3 Å². The van der Waals surface area contributed by atoms with Crippen molar-refractivity contribution in [3.05, 3.63) is 29.8 Å². The van der Waals surface area contributed by atoms with Crippen molar-refractivity contribution in [1.82, 2.24) is 14.7 Å². The van der Waals surface area contributed by atoms with Gasteiger partial charge in [-0.25, -0.2) is 0 Å². The van der Waals surface area contributed by atoms with Crippen LogP contribution >= 0.6 is 11.8 Å². The first-order valence-electron chi connectivity index (χ1n) is 10.4. The zero-order chi connectivity index (χ0) is 19.6. The van der Waals surface area contributed by atoms with Crippen molar-refractivity contribution in [2.24, 2.45) is 0 Å². The molecule has 1 aromatic carbocycles. The number of aliphatic hydroxyl groups is 1. The van der Waals surface area contributed by atoms with Crippen molar-refractivity contribution in [2.75, 3.05) is 84.2 Å². The minimum absolute atomic E-state index is 0.345. The van der Waals surface area contributed by atoms with Crippen LogP contribution < -0.4 is 4.74 Å². The standard InChI is InChI=1S/C21H35N3O3S/c1-22(6-7-23-8-12-26-13-9-23)16-19-4-2-3-5-21(19)27-18-20(25)17-24-10-14-28-15-11-24/h2-5,20,25H,6-18H2,1H3. The molecule has 0 radical (unpaired) electrons. The molecule has 0 bridgehead atoms. The van der Waals surface area contributed by atoms with E-state index in [1.807, 2.05) is 23.9 Å². The van der Waals surface area contributed by atoms with E-state index in [-0.39, 0.29) is 0 Å². The fourth-order valence-electron chi connectivity index (χ4n) is 3.60. The minimum atomic E-state index is -0.449. The average molecular weight is 410 g/mol. The molecule has 0 aromatic heterocycles. The Morgan fingerprint density at radius 3 is 2.68 bits per heavy atom. The van der Waals surface area contributed by atoms with Gasteiger partial charge < -0.3 is 19.5 Å². The number of likely N-dealkylation sites (N-methyl/N-ethyl adjacent to an activating group) is 1. The molecule has 0 aliphatic carbocycles. The highest BCUT2D eigenvalue weighted by Gasteiger charge is 2.16. The van der Waals surface area contributed by atoms with Crippen LogP contribution in [0.25, 0.3) is 0 Å². The monoisotopic (exact) mass is 409 g/mol. The average Bonchev–Trinajstić information content (AvgIpc) is 2.73. The summed E-state index contributed by atoms with van der Waals surface area (Å²) in [7, 11) is 2.15. The van der Waals surface area contributed by atoms with E-state index in [4.69, 9.17) is 9.47 Å². The molecule has 1 N–H and O–H groups in total. The molecule has 0 amide bonds. The lowest BCUT2D eigenvalue weighted by molar-refractivity contribution is 0.0341. The molecule has 3 rings (SSSR count). The Hall–Kier alpha value is -0.830. The number of β-amino-alcohol motifs (C(OH)–C–C–N with tert-alkyl or cyclic N) is 1. The SMILES string of the molecule is CN(CCN1CCOCC1)Cc1ccccc1OCC(O)CN1CCSCC1. The third kappa shape index (κ3) is 7.54. The van der Waals surface area contributed by atoms with Gasteiger partial charge in [-0.2, -0.15) is 11.8 Å². The third-order valence-corrected chi connectivity index (χ3v) is 6.26. The molecule has 1 atom stereocenters. The third-order valence-electron chi connectivity index (χ3n) is 5.32. The smallest absolute Gasteiger partial charge is 0.123 e. The Labute approximate surface area is 173 Å². The topological polar surface area (TPSA) is 48.4 Å². The highest BCUT2D eigenvalue weighted by Crippen LogP contribution is 2.20. The van der Waals surface area contributed by atoms with Gasteiger partial charge in [-0.15, -0.1) is 0 Å². The Morgan fingerprint density at radius 1 is 1.14 bits per heavy atom. The number of hydrogen-bond acceptors (Lipinski definition) is 7. The molecule has 7 heteroatoms. The summed E-state index contributed by atoms with van der Waals surface area (Å²) >= 11 is 1.99. The molecule has 1 unspecified atom stereocenters. The van der Waals surface area contributed by atoms with Gasteiger partial charge in [0.05, 0.1) is 13.2 Å². The minimum Gasteiger partial charge on any atom is -0.491 e. The summed E-state index contributed by atoms with van der Waals surface area (Å²) in [5.74, 6) is 3.20. The van der Waals surface area contributed by atoms with E-state index in [2.05, 4.69) is 33.9 Å². The van der Waals surface area contributed by atoms with Gasteiger partial charge in [-0.1, -0.05) is 18.2 Å². The van der Waals surface area contributed by atoms with Gasteiger partial charge in [-0.05, 0) is 13.1 Å². The molecular weight excluding hydrogens is 374 g/mol.